The maximum absolute atomic E-state index is 12.9. The van der Waals surface area contributed by atoms with Crippen molar-refractivity contribution in [1.29, 1.82) is 0 Å². The van der Waals surface area contributed by atoms with Crippen LogP contribution in [-0.4, -0.2) is 27.9 Å². The van der Waals surface area contributed by atoms with E-state index in [0.29, 0.717) is 29.4 Å². The lowest BCUT2D eigenvalue weighted by molar-refractivity contribution is -0.137. The maximum Gasteiger partial charge on any atom is 0.416 e. The molecule has 1 aromatic carbocycles. The molecule has 0 fully saturated rings. The Morgan fingerprint density at radius 1 is 1.21 bits per heavy atom. The van der Waals surface area contributed by atoms with Gasteiger partial charge in [-0.15, -0.1) is 0 Å². The topological polar surface area (TPSA) is 29.0 Å². The predicted octanol–water partition coefficient (Wildman–Crippen LogP) is 5.08. The summed E-state index contributed by atoms with van der Waals surface area (Å²) < 4.78 is 38.8. The largest absolute Gasteiger partial charge is 0.416 e. The van der Waals surface area contributed by atoms with Gasteiger partial charge in [-0.3, -0.25) is 0 Å². The van der Waals surface area contributed by atoms with Gasteiger partial charge < -0.3 is 4.90 Å². The van der Waals surface area contributed by atoms with E-state index in [0.717, 1.165) is 17.5 Å². The monoisotopic (exact) mass is 401 g/mol. The summed E-state index contributed by atoms with van der Waals surface area (Å²) in [5, 5.41) is 0.747. The van der Waals surface area contributed by atoms with E-state index in [9.17, 15) is 13.2 Å². The van der Waals surface area contributed by atoms with E-state index in [-0.39, 0.29) is 6.04 Å². The van der Waals surface area contributed by atoms with Gasteiger partial charge in [0.25, 0.3) is 0 Å². The Labute approximate surface area is 148 Å². The summed E-state index contributed by atoms with van der Waals surface area (Å²) >= 11 is 3.44. The third-order valence-electron chi connectivity index (χ3n) is 3.68. The second-order valence-corrected chi connectivity index (χ2v) is 6.21. The number of aromatic nitrogens is 2. The van der Waals surface area contributed by atoms with E-state index in [4.69, 9.17) is 0 Å². The molecule has 0 bridgehead atoms. The average Bonchev–Trinajstić information content (AvgIpc) is 2.54. The Kier molecular flexibility index (Phi) is 5.85. The van der Waals surface area contributed by atoms with Crippen LogP contribution in [0.4, 0.5) is 19.1 Å². The highest BCUT2D eigenvalue weighted by Crippen LogP contribution is 2.32. The highest BCUT2D eigenvalue weighted by atomic mass is 79.9. The standard InChI is InChI=1S/C17H19BrF3N3/c1-4-24(12(3)10-18)16-22-11(2)8-15(23-16)13-6-5-7-14(9-13)17(19,20)21/h5-9,12H,4,10H2,1-3H3. The number of alkyl halides is 4. The fraction of sp³-hybridized carbons (Fsp3) is 0.412. The third kappa shape index (κ3) is 4.26. The summed E-state index contributed by atoms with van der Waals surface area (Å²) in [7, 11) is 0. The third-order valence-corrected chi connectivity index (χ3v) is 4.62. The van der Waals surface area contributed by atoms with Crippen LogP contribution in [0.15, 0.2) is 30.3 Å². The molecule has 0 spiro atoms. The van der Waals surface area contributed by atoms with Gasteiger partial charge in [-0.1, -0.05) is 28.1 Å². The fourth-order valence-corrected chi connectivity index (χ4v) is 2.77. The van der Waals surface area contributed by atoms with Crippen molar-refractivity contribution >= 4 is 21.9 Å². The van der Waals surface area contributed by atoms with E-state index < -0.39 is 11.7 Å². The molecular formula is C17H19BrF3N3. The van der Waals surface area contributed by atoms with Gasteiger partial charge in [-0.05, 0) is 39.0 Å². The van der Waals surface area contributed by atoms with Crippen molar-refractivity contribution in [3.63, 3.8) is 0 Å². The molecule has 130 valence electrons. The van der Waals surface area contributed by atoms with Crippen molar-refractivity contribution in [1.82, 2.24) is 9.97 Å². The van der Waals surface area contributed by atoms with E-state index in [1.54, 1.807) is 12.1 Å². The fourth-order valence-electron chi connectivity index (χ4n) is 2.42. The number of nitrogens with zero attached hydrogens (tertiary/aromatic N) is 3. The number of aryl methyl sites for hydroxylation is 1. The summed E-state index contributed by atoms with van der Waals surface area (Å²) in [5.74, 6) is 0.525. The molecule has 0 saturated heterocycles. The van der Waals surface area contributed by atoms with Gasteiger partial charge in [-0.2, -0.15) is 13.2 Å². The summed E-state index contributed by atoms with van der Waals surface area (Å²) in [6, 6.07) is 7.08. The molecular weight excluding hydrogens is 383 g/mol. The van der Waals surface area contributed by atoms with Gasteiger partial charge in [0.15, 0.2) is 0 Å². The molecule has 1 heterocycles. The first-order valence-electron chi connectivity index (χ1n) is 7.62. The molecule has 0 amide bonds. The molecule has 0 aliphatic carbocycles. The van der Waals surface area contributed by atoms with Crippen LogP contribution in [0.3, 0.4) is 0 Å². The normalized spacial score (nSPS) is 13.0. The molecule has 2 aromatic rings. The van der Waals surface area contributed by atoms with Crippen molar-refractivity contribution < 1.29 is 13.2 Å². The smallest absolute Gasteiger partial charge is 0.338 e. The second kappa shape index (κ2) is 7.51. The van der Waals surface area contributed by atoms with Crippen LogP contribution in [0.2, 0.25) is 0 Å². The highest BCUT2D eigenvalue weighted by molar-refractivity contribution is 9.09. The van der Waals surface area contributed by atoms with E-state index in [1.165, 1.54) is 6.07 Å². The van der Waals surface area contributed by atoms with Crippen LogP contribution < -0.4 is 4.90 Å². The molecule has 0 radical (unpaired) electrons. The van der Waals surface area contributed by atoms with Gasteiger partial charge >= 0.3 is 6.18 Å². The van der Waals surface area contributed by atoms with E-state index in [2.05, 4.69) is 25.9 Å². The quantitative estimate of drug-likeness (QED) is 0.654. The summed E-state index contributed by atoms with van der Waals surface area (Å²) in [6.07, 6.45) is -4.37. The Morgan fingerprint density at radius 3 is 2.50 bits per heavy atom. The summed E-state index contributed by atoms with van der Waals surface area (Å²) in [6.45, 7) is 6.55. The van der Waals surface area contributed by atoms with E-state index >= 15 is 0 Å². The van der Waals surface area contributed by atoms with Crippen LogP contribution >= 0.6 is 15.9 Å². The van der Waals surface area contributed by atoms with Crippen molar-refractivity contribution in [3.8, 4) is 11.3 Å². The molecule has 0 saturated carbocycles. The predicted molar refractivity (Wildman–Crippen MR) is 93.5 cm³/mol. The number of anilines is 1. The number of hydrogen-bond acceptors (Lipinski definition) is 3. The molecule has 0 aliphatic heterocycles. The van der Waals surface area contributed by atoms with Gasteiger partial charge in [-0.25, -0.2) is 9.97 Å². The average molecular weight is 402 g/mol. The zero-order chi connectivity index (χ0) is 17.9. The first-order valence-corrected chi connectivity index (χ1v) is 8.74. The van der Waals surface area contributed by atoms with Crippen LogP contribution in [0.25, 0.3) is 11.3 Å². The molecule has 24 heavy (non-hydrogen) atoms. The van der Waals surface area contributed by atoms with Crippen molar-refractivity contribution in [2.45, 2.75) is 33.0 Å². The zero-order valence-corrected chi connectivity index (χ0v) is 15.3. The molecule has 7 heteroatoms. The minimum Gasteiger partial charge on any atom is -0.338 e. The molecule has 1 aromatic heterocycles. The van der Waals surface area contributed by atoms with Crippen LogP contribution in [0.1, 0.15) is 25.1 Å². The zero-order valence-electron chi connectivity index (χ0n) is 13.7. The van der Waals surface area contributed by atoms with E-state index in [1.807, 2.05) is 25.7 Å². The highest BCUT2D eigenvalue weighted by Gasteiger charge is 2.30. The van der Waals surface area contributed by atoms with Crippen molar-refractivity contribution in [3.05, 3.63) is 41.6 Å². The molecule has 3 nitrogen and oxygen atoms in total. The number of halogens is 4. The minimum atomic E-state index is -4.37. The number of hydrogen-bond donors (Lipinski definition) is 0. The Morgan fingerprint density at radius 2 is 1.92 bits per heavy atom. The molecule has 1 unspecified atom stereocenters. The molecule has 0 N–H and O–H groups in total. The van der Waals surface area contributed by atoms with Gasteiger partial charge in [0.1, 0.15) is 0 Å². The molecule has 1 atom stereocenters. The summed E-state index contributed by atoms with van der Waals surface area (Å²) in [4.78, 5) is 10.9. The summed E-state index contributed by atoms with van der Waals surface area (Å²) in [5.41, 5.74) is 0.953. The Balaban J connectivity index is 2.49. The lowest BCUT2D eigenvalue weighted by Gasteiger charge is -2.27. The molecule has 2 rings (SSSR count). The van der Waals surface area contributed by atoms with Crippen molar-refractivity contribution in [2.75, 3.05) is 16.8 Å². The molecule has 0 aliphatic rings. The van der Waals surface area contributed by atoms with Gasteiger partial charge in [0, 0.05) is 29.2 Å². The van der Waals surface area contributed by atoms with Crippen LogP contribution in [0.5, 0.6) is 0 Å². The first kappa shape index (κ1) is 18.7. The first-order chi connectivity index (χ1) is 11.3. The second-order valence-electron chi connectivity index (χ2n) is 5.56. The lowest BCUT2D eigenvalue weighted by Crippen LogP contribution is -2.35. The number of benzene rings is 1. The Hall–Kier alpha value is -1.63. The van der Waals surface area contributed by atoms with Gasteiger partial charge in [0.05, 0.1) is 11.3 Å². The van der Waals surface area contributed by atoms with Crippen LogP contribution in [-0.2, 0) is 6.18 Å². The van der Waals surface area contributed by atoms with Crippen LogP contribution in [0, 0.1) is 6.92 Å². The Bertz CT molecular complexity index is 704. The lowest BCUT2D eigenvalue weighted by atomic mass is 10.1. The SMILES string of the molecule is CCN(c1nc(C)cc(-c2cccc(C(F)(F)F)c2)n1)C(C)CBr. The minimum absolute atomic E-state index is 0.172. The van der Waals surface area contributed by atoms with Crippen molar-refractivity contribution in [2.24, 2.45) is 0 Å². The number of rotatable bonds is 5. The maximum atomic E-state index is 12.9. The van der Waals surface area contributed by atoms with Gasteiger partial charge in [0.2, 0.25) is 5.95 Å².